The smallest absolute Gasteiger partial charge is 0.0210 e. The topological polar surface area (TPSA) is 26.0 Å². The maximum absolute atomic E-state index is 5.80. The van der Waals surface area contributed by atoms with E-state index < -0.39 is 0 Å². The van der Waals surface area contributed by atoms with Crippen molar-refractivity contribution in [2.24, 2.45) is 5.73 Å². The molecule has 1 saturated carbocycles. The summed E-state index contributed by atoms with van der Waals surface area (Å²) in [5, 5.41) is 0. The Balaban J connectivity index is 2.36. The van der Waals surface area contributed by atoms with Gasteiger partial charge in [-0.25, -0.2) is 0 Å². The Bertz CT molecular complexity index is 309. The van der Waals surface area contributed by atoms with Crippen molar-refractivity contribution in [3.63, 3.8) is 0 Å². The molecule has 0 saturated heterocycles. The average Bonchev–Trinajstić information content (AvgIpc) is 2.73. The van der Waals surface area contributed by atoms with Crippen LogP contribution in [0.2, 0.25) is 0 Å². The Morgan fingerprint density at radius 3 is 2.75 bits per heavy atom. The Morgan fingerprint density at radius 2 is 2.17 bits per heavy atom. The summed E-state index contributed by atoms with van der Waals surface area (Å²) in [6, 6.07) is 6.84. The Kier molecular flexibility index (Phi) is 1.97. The third-order valence-corrected chi connectivity index (χ3v) is 3.11. The van der Waals surface area contributed by atoms with Crippen molar-refractivity contribution in [3.05, 3.63) is 33.8 Å². The fourth-order valence-electron chi connectivity index (χ4n) is 1.52. The van der Waals surface area contributed by atoms with Crippen LogP contribution < -0.4 is 5.73 Å². The fraction of sp³-hybridized carbons (Fsp3) is 0.400. The minimum atomic E-state index is 0.392. The summed E-state index contributed by atoms with van der Waals surface area (Å²) in [6.07, 6.45) is 1.14. The molecule has 0 aliphatic heterocycles. The van der Waals surface area contributed by atoms with Crippen molar-refractivity contribution in [1.82, 2.24) is 0 Å². The molecule has 0 aromatic heterocycles. The molecule has 1 aliphatic rings. The molecular formula is C10H12BrN. The molecule has 1 aromatic rings. The number of hydrogen-bond donors (Lipinski definition) is 1. The number of aryl methyl sites for hydroxylation is 1. The van der Waals surface area contributed by atoms with Crippen LogP contribution in [-0.4, -0.2) is 6.04 Å². The maximum atomic E-state index is 5.80. The first-order chi connectivity index (χ1) is 5.68. The molecule has 12 heavy (non-hydrogen) atoms. The van der Waals surface area contributed by atoms with Crippen LogP contribution in [0, 0.1) is 6.92 Å². The van der Waals surface area contributed by atoms with Gasteiger partial charge in [-0.1, -0.05) is 33.6 Å². The van der Waals surface area contributed by atoms with Crippen LogP contribution in [0.4, 0.5) is 0 Å². The molecule has 64 valence electrons. The summed E-state index contributed by atoms with van der Waals surface area (Å²) in [5.41, 5.74) is 8.49. The lowest BCUT2D eigenvalue weighted by Crippen LogP contribution is -2.01. The van der Waals surface area contributed by atoms with Crippen LogP contribution in [-0.2, 0) is 0 Å². The number of nitrogens with two attached hydrogens (primary N) is 1. The van der Waals surface area contributed by atoms with Crippen molar-refractivity contribution in [2.45, 2.75) is 25.3 Å². The van der Waals surface area contributed by atoms with Gasteiger partial charge in [-0.15, -0.1) is 0 Å². The molecule has 1 nitrogen and oxygen atoms in total. The number of benzene rings is 1. The van der Waals surface area contributed by atoms with E-state index in [-0.39, 0.29) is 0 Å². The maximum Gasteiger partial charge on any atom is 0.0210 e. The molecule has 0 amide bonds. The van der Waals surface area contributed by atoms with E-state index in [2.05, 4.69) is 41.1 Å². The van der Waals surface area contributed by atoms with Crippen LogP contribution in [0.25, 0.3) is 0 Å². The monoisotopic (exact) mass is 225 g/mol. The van der Waals surface area contributed by atoms with E-state index in [0.29, 0.717) is 12.0 Å². The SMILES string of the molecule is Cc1ccc(Br)c([C@@H]2C[C@H]2N)c1. The molecule has 0 bridgehead atoms. The molecule has 2 atom stereocenters. The lowest BCUT2D eigenvalue weighted by atomic mass is 10.1. The van der Waals surface area contributed by atoms with E-state index in [4.69, 9.17) is 5.73 Å². The van der Waals surface area contributed by atoms with E-state index in [1.165, 1.54) is 15.6 Å². The summed E-state index contributed by atoms with van der Waals surface area (Å²) < 4.78 is 1.20. The van der Waals surface area contributed by atoms with Crippen molar-refractivity contribution in [1.29, 1.82) is 0 Å². The Labute approximate surface area is 81.1 Å². The van der Waals surface area contributed by atoms with Crippen molar-refractivity contribution >= 4 is 15.9 Å². The zero-order chi connectivity index (χ0) is 8.72. The van der Waals surface area contributed by atoms with Gasteiger partial charge in [-0.3, -0.25) is 0 Å². The largest absolute Gasteiger partial charge is 0.327 e. The predicted octanol–water partition coefficient (Wildman–Crippen LogP) is 2.57. The summed E-state index contributed by atoms with van der Waals surface area (Å²) in [5.74, 6) is 0.597. The van der Waals surface area contributed by atoms with E-state index in [0.717, 1.165) is 6.42 Å². The molecule has 1 fully saturated rings. The molecule has 0 unspecified atom stereocenters. The second-order valence-electron chi connectivity index (χ2n) is 3.53. The third kappa shape index (κ3) is 1.41. The van der Waals surface area contributed by atoms with Gasteiger partial charge in [0, 0.05) is 16.4 Å². The Hall–Kier alpha value is -0.340. The minimum Gasteiger partial charge on any atom is -0.327 e. The van der Waals surface area contributed by atoms with Crippen molar-refractivity contribution < 1.29 is 0 Å². The number of rotatable bonds is 1. The summed E-state index contributed by atoms with van der Waals surface area (Å²) in [7, 11) is 0. The molecule has 0 heterocycles. The average molecular weight is 226 g/mol. The van der Waals surface area contributed by atoms with Crippen LogP contribution >= 0.6 is 15.9 Å². The zero-order valence-corrected chi connectivity index (χ0v) is 8.64. The second-order valence-corrected chi connectivity index (χ2v) is 4.39. The quantitative estimate of drug-likeness (QED) is 0.782. The highest BCUT2D eigenvalue weighted by molar-refractivity contribution is 9.10. The summed E-state index contributed by atoms with van der Waals surface area (Å²) in [6.45, 7) is 2.11. The van der Waals surface area contributed by atoms with Gasteiger partial charge in [0.2, 0.25) is 0 Å². The highest BCUT2D eigenvalue weighted by Crippen LogP contribution is 2.42. The minimum absolute atomic E-state index is 0.392. The molecule has 1 aromatic carbocycles. The van der Waals surface area contributed by atoms with Gasteiger partial charge in [0.15, 0.2) is 0 Å². The lowest BCUT2D eigenvalue weighted by molar-refractivity contribution is 0.983. The third-order valence-electron chi connectivity index (χ3n) is 2.39. The van der Waals surface area contributed by atoms with Gasteiger partial charge in [0.25, 0.3) is 0 Å². The number of hydrogen-bond acceptors (Lipinski definition) is 1. The van der Waals surface area contributed by atoms with E-state index in [1.807, 2.05) is 0 Å². The first-order valence-electron chi connectivity index (χ1n) is 4.20. The first-order valence-corrected chi connectivity index (χ1v) is 4.99. The van der Waals surface area contributed by atoms with Crippen LogP contribution in [0.5, 0.6) is 0 Å². The van der Waals surface area contributed by atoms with Crippen LogP contribution in [0.1, 0.15) is 23.5 Å². The molecule has 2 rings (SSSR count). The summed E-state index contributed by atoms with van der Waals surface area (Å²) in [4.78, 5) is 0. The molecule has 2 N–H and O–H groups in total. The molecule has 0 radical (unpaired) electrons. The van der Waals surface area contributed by atoms with E-state index in [1.54, 1.807) is 0 Å². The predicted molar refractivity (Wildman–Crippen MR) is 54.2 cm³/mol. The lowest BCUT2D eigenvalue weighted by Gasteiger charge is -2.03. The standard InChI is InChI=1S/C10H12BrN/c1-6-2-3-9(11)7(4-6)8-5-10(8)12/h2-4,8,10H,5,12H2,1H3/t8-,10+/m0/s1. The van der Waals surface area contributed by atoms with Gasteiger partial charge < -0.3 is 5.73 Å². The van der Waals surface area contributed by atoms with Gasteiger partial charge in [-0.05, 0) is 25.0 Å². The fourth-order valence-corrected chi connectivity index (χ4v) is 2.06. The highest BCUT2D eigenvalue weighted by atomic mass is 79.9. The van der Waals surface area contributed by atoms with Crippen molar-refractivity contribution in [2.75, 3.05) is 0 Å². The van der Waals surface area contributed by atoms with Gasteiger partial charge in [0.05, 0.1) is 0 Å². The Morgan fingerprint density at radius 1 is 1.50 bits per heavy atom. The van der Waals surface area contributed by atoms with Crippen LogP contribution in [0.15, 0.2) is 22.7 Å². The second kappa shape index (κ2) is 2.86. The van der Waals surface area contributed by atoms with Crippen LogP contribution in [0.3, 0.4) is 0 Å². The van der Waals surface area contributed by atoms with E-state index >= 15 is 0 Å². The molecule has 0 spiro atoms. The number of halogens is 1. The van der Waals surface area contributed by atoms with E-state index in [9.17, 15) is 0 Å². The zero-order valence-electron chi connectivity index (χ0n) is 7.05. The normalized spacial score (nSPS) is 27.2. The van der Waals surface area contributed by atoms with Gasteiger partial charge >= 0.3 is 0 Å². The molecule has 2 heteroatoms. The summed E-state index contributed by atoms with van der Waals surface area (Å²) >= 11 is 3.54. The molecule has 1 aliphatic carbocycles. The molecular weight excluding hydrogens is 214 g/mol. The first kappa shape index (κ1) is 8.27. The van der Waals surface area contributed by atoms with Gasteiger partial charge in [0.1, 0.15) is 0 Å². The highest BCUT2D eigenvalue weighted by Gasteiger charge is 2.35. The van der Waals surface area contributed by atoms with Crippen molar-refractivity contribution in [3.8, 4) is 0 Å². The van der Waals surface area contributed by atoms with Gasteiger partial charge in [-0.2, -0.15) is 0 Å².